The highest BCUT2D eigenvalue weighted by molar-refractivity contribution is 7.88. The van der Waals surface area contributed by atoms with Gasteiger partial charge in [0.25, 0.3) is 5.56 Å². The van der Waals surface area contributed by atoms with Crippen LogP contribution in [0.5, 0.6) is 5.75 Å². The van der Waals surface area contributed by atoms with E-state index in [-0.39, 0.29) is 13.0 Å². The van der Waals surface area contributed by atoms with Gasteiger partial charge in [-0.15, -0.1) is 0 Å². The molecular formula is C22H24F3NO8S. The molecule has 0 fully saturated rings. The first kappa shape index (κ1) is 27.9. The lowest BCUT2D eigenvalue weighted by Crippen LogP contribution is -2.37. The Morgan fingerprint density at radius 1 is 1.09 bits per heavy atom. The summed E-state index contributed by atoms with van der Waals surface area (Å²) in [6.07, 6.45) is 0.637. The number of esters is 2. The summed E-state index contributed by atoms with van der Waals surface area (Å²) in [5, 5.41) is 0. The number of halogens is 3. The van der Waals surface area contributed by atoms with Crippen LogP contribution in [-0.2, 0) is 30.8 Å². The van der Waals surface area contributed by atoms with Gasteiger partial charge >= 0.3 is 27.6 Å². The topological polar surface area (TPSA) is 118 Å². The minimum absolute atomic E-state index is 0.0843. The number of nitrogens with zero attached hydrogens (tertiary/aromatic N) is 1. The van der Waals surface area contributed by atoms with E-state index in [9.17, 15) is 36.0 Å². The SMILES string of the molecule is CCOC(=O)c1cn(C(Cc2ccccc2)C(=O)OC(C)(C)C)c(=O)cc1OS(=O)(=O)C(F)(F)F. The van der Waals surface area contributed by atoms with Gasteiger partial charge in [0.15, 0.2) is 5.75 Å². The van der Waals surface area contributed by atoms with Gasteiger partial charge in [0, 0.05) is 18.7 Å². The molecule has 0 saturated heterocycles. The van der Waals surface area contributed by atoms with E-state index in [1.807, 2.05) is 0 Å². The summed E-state index contributed by atoms with van der Waals surface area (Å²) in [5.74, 6) is -3.32. The molecule has 0 bridgehead atoms. The van der Waals surface area contributed by atoms with E-state index in [0.717, 1.165) is 10.8 Å². The number of pyridine rings is 1. The van der Waals surface area contributed by atoms with Gasteiger partial charge in [-0.2, -0.15) is 21.6 Å². The van der Waals surface area contributed by atoms with Crippen molar-refractivity contribution in [2.24, 2.45) is 0 Å². The Balaban J connectivity index is 2.69. The normalized spacial score (nSPS) is 13.1. The van der Waals surface area contributed by atoms with Crippen LogP contribution in [0.15, 0.2) is 47.4 Å². The van der Waals surface area contributed by atoms with Crippen LogP contribution in [0.25, 0.3) is 0 Å². The van der Waals surface area contributed by atoms with Gasteiger partial charge in [0.2, 0.25) is 0 Å². The molecule has 0 aliphatic heterocycles. The van der Waals surface area contributed by atoms with Crippen LogP contribution in [0.1, 0.15) is 49.7 Å². The smallest absolute Gasteiger partial charge is 0.462 e. The average Bonchev–Trinajstić information content (AvgIpc) is 2.71. The summed E-state index contributed by atoms with van der Waals surface area (Å²) in [4.78, 5) is 38.3. The molecule has 2 rings (SSSR count). The summed E-state index contributed by atoms with van der Waals surface area (Å²) < 4.78 is 76.5. The molecule has 35 heavy (non-hydrogen) atoms. The zero-order valence-corrected chi connectivity index (χ0v) is 20.1. The third kappa shape index (κ3) is 7.31. The molecule has 1 aromatic heterocycles. The van der Waals surface area contributed by atoms with Gasteiger partial charge in [-0.3, -0.25) is 9.36 Å². The van der Waals surface area contributed by atoms with Crippen molar-refractivity contribution in [2.45, 2.75) is 51.3 Å². The lowest BCUT2D eigenvalue weighted by atomic mass is 10.0. The molecule has 192 valence electrons. The van der Waals surface area contributed by atoms with E-state index in [1.54, 1.807) is 51.1 Å². The fraction of sp³-hybridized carbons (Fsp3) is 0.409. The van der Waals surface area contributed by atoms with E-state index >= 15 is 0 Å². The van der Waals surface area contributed by atoms with Crippen molar-refractivity contribution in [3.63, 3.8) is 0 Å². The highest BCUT2D eigenvalue weighted by Crippen LogP contribution is 2.29. The minimum atomic E-state index is -6.21. The summed E-state index contributed by atoms with van der Waals surface area (Å²) in [5.41, 5.74) is -8.09. The fourth-order valence-electron chi connectivity index (χ4n) is 2.87. The predicted molar refractivity (Wildman–Crippen MR) is 117 cm³/mol. The maximum Gasteiger partial charge on any atom is 0.534 e. The molecule has 0 spiro atoms. The third-order valence-electron chi connectivity index (χ3n) is 4.31. The first-order chi connectivity index (χ1) is 16.1. The Labute approximate surface area is 199 Å². The Bertz CT molecular complexity index is 1230. The maximum atomic E-state index is 13.0. The molecule has 0 radical (unpaired) electrons. The number of benzene rings is 1. The van der Waals surface area contributed by atoms with Gasteiger partial charge in [-0.05, 0) is 33.3 Å². The van der Waals surface area contributed by atoms with E-state index < -0.39 is 56.1 Å². The second-order valence-electron chi connectivity index (χ2n) is 8.24. The molecule has 1 heterocycles. The number of carbonyl (C=O) groups is 2. The second-order valence-corrected chi connectivity index (χ2v) is 9.78. The number of alkyl halides is 3. The van der Waals surface area contributed by atoms with Crippen LogP contribution >= 0.6 is 0 Å². The Morgan fingerprint density at radius 3 is 2.20 bits per heavy atom. The van der Waals surface area contributed by atoms with Crippen molar-refractivity contribution in [2.75, 3.05) is 6.61 Å². The average molecular weight is 519 g/mol. The van der Waals surface area contributed by atoms with Crippen molar-refractivity contribution in [3.05, 3.63) is 64.1 Å². The molecule has 0 N–H and O–H groups in total. The van der Waals surface area contributed by atoms with Gasteiger partial charge in [0.05, 0.1) is 6.61 Å². The van der Waals surface area contributed by atoms with Crippen molar-refractivity contribution in [1.29, 1.82) is 0 Å². The molecule has 9 nitrogen and oxygen atoms in total. The fourth-order valence-corrected chi connectivity index (χ4v) is 3.34. The zero-order chi connectivity index (χ0) is 26.6. The number of hydrogen-bond acceptors (Lipinski definition) is 8. The van der Waals surface area contributed by atoms with E-state index in [1.165, 1.54) is 6.92 Å². The molecular weight excluding hydrogens is 495 g/mol. The number of hydrogen-bond donors (Lipinski definition) is 0. The van der Waals surface area contributed by atoms with Gasteiger partial charge < -0.3 is 13.7 Å². The molecule has 0 amide bonds. The highest BCUT2D eigenvalue weighted by atomic mass is 32.2. The van der Waals surface area contributed by atoms with Crippen LogP contribution < -0.4 is 9.74 Å². The number of carbonyl (C=O) groups excluding carboxylic acids is 2. The summed E-state index contributed by atoms with van der Waals surface area (Å²) >= 11 is 0. The predicted octanol–water partition coefficient (Wildman–Crippen LogP) is 3.38. The van der Waals surface area contributed by atoms with Crippen LogP contribution in [0.4, 0.5) is 13.2 Å². The lowest BCUT2D eigenvalue weighted by molar-refractivity contribution is -0.159. The summed E-state index contributed by atoms with van der Waals surface area (Å²) in [6, 6.07) is 7.46. The van der Waals surface area contributed by atoms with E-state index in [0.29, 0.717) is 11.6 Å². The first-order valence-corrected chi connectivity index (χ1v) is 11.7. The highest BCUT2D eigenvalue weighted by Gasteiger charge is 2.49. The van der Waals surface area contributed by atoms with Crippen molar-refractivity contribution in [1.82, 2.24) is 4.57 Å². The maximum absolute atomic E-state index is 13.0. The van der Waals surface area contributed by atoms with Crippen molar-refractivity contribution in [3.8, 4) is 5.75 Å². The molecule has 2 aromatic rings. The van der Waals surface area contributed by atoms with Crippen LogP contribution in [0.3, 0.4) is 0 Å². The minimum Gasteiger partial charge on any atom is -0.462 e. The quantitative estimate of drug-likeness (QED) is 0.296. The summed E-state index contributed by atoms with van der Waals surface area (Å²) in [7, 11) is -6.21. The van der Waals surface area contributed by atoms with Crippen LogP contribution in [0, 0.1) is 0 Å². The second kappa shape index (κ2) is 10.5. The largest absolute Gasteiger partial charge is 0.534 e. The van der Waals surface area contributed by atoms with Crippen molar-refractivity contribution >= 4 is 22.1 Å². The van der Waals surface area contributed by atoms with Gasteiger partial charge in [-0.1, -0.05) is 30.3 Å². The van der Waals surface area contributed by atoms with E-state index in [2.05, 4.69) is 4.18 Å². The summed E-state index contributed by atoms with van der Waals surface area (Å²) in [6.45, 7) is 5.96. The standard InChI is InChI=1S/C22H24F3NO8S/c1-5-32-19(28)15-13-26(18(27)12-17(15)34-35(30,31)22(23,24)25)16(20(29)33-21(2,3)4)11-14-9-7-6-8-10-14/h6-10,12-13,16H,5,11H2,1-4H3. The van der Waals surface area contributed by atoms with Gasteiger partial charge in [-0.25, -0.2) is 9.59 Å². The van der Waals surface area contributed by atoms with Crippen LogP contribution in [0.2, 0.25) is 0 Å². The molecule has 0 saturated carbocycles. The van der Waals surface area contributed by atoms with Gasteiger partial charge in [0.1, 0.15) is 17.2 Å². The first-order valence-electron chi connectivity index (χ1n) is 10.3. The Hall–Kier alpha value is -3.35. The monoisotopic (exact) mass is 519 g/mol. The number of aromatic nitrogens is 1. The number of rotatable bonds is 8. The molecule has 0 aliphatic carbocycles. The molecule has 13 heteroatoms. The van der Waals surface area contributed by atoms with Crippen molar-refractivity contribution < 1.29 is 44.8 Å². The van der Waals surface area contributed by atoms with Crippen LogP contribution in [-0.4, -0.2) is 42.6 Å². The molecule has 0 aliphatic rings. The molecule has 1 aromatic carbocycles. The Kier molecular flexibility index (Phi) is 8.37. The zero-order valence-electron chi connectivity index (χ0n) is 19.3. The molecule has 1 atom stereocenters. The lowest BCUT2D eigenvalue weighted by Gasteiger charge is -2.26. The third-order valence-corrected chi connectivity index (χ3v) is 5.27. The number of ether oxygens (including phenoxy) is 2. The van der Waals surface area contributed by atoms with E-state index in [4.69, 9.17) is 9.47 Å². The Morgan fingerprint density at radius 2 is 1.69 bits per heavy atom. The molecule has 1 unspecified atom stereocenters.